The smallest absolute Gasteiger partial charge is 0.358 e. The summed E-state index contributed by atoms with van der Waals surface area (Å²) < 4.78 is 20.5. The van der Waals surface area contributed by atoms with Gasteiger partial charge in [0.05, 0.1) is 19.3 Å². The molecule has 0 aliphatic carbocycles. The van der Waals surface area contributed by atoms with Gasteiger partial charge in [-0.2, -0.15) is 0 Å². The SMILES string of the molecule is O=C(O)c1cn(CC(=O)N2CCOc3cccc(F)c3C2)nn1. The van der Waals surface area contributed by atoms with Crippen LogP contribution in [0.1, 0.15) is 16.1 Å². The summed E-state index contributed by atoms with van der Waals surface area (Å²) in [6.45, 7) is 0.457. The first-order valence-electron chi connectivity index (χ1n) is 6.86. The van der Waals surface area contributed by atoms with E-state index in [1.54, 1.807) is 12.1 Å². The Kier molecular flexibility index (Phi) is 3.92. The van der Waals surface area contributed by atoms with Gasteiger partial charge in [0.15, 0.2) is 5.69 Å². The topological polar surface area (TPSA) is 97.5 Å². The molecule has 2 aromatic rings. The van der Waals surface area contributed by atoms with Gasteiger partial charge in [-0.25, -0.2) is 13.9 Å². The molecule has 9 heteroatoms. The van der Waals surface area contributed by atoms with Crippen LogP contribution >= 0.6 is 0 Å². The normalized spacial score (nSPS) is 13.9. The Morgan fingerprint density at radius 1 is 1.39 bits per heavy atom. The Morgan fingerprint density at radius 2 is 2.22 bits per heavy atom. The van der Waals surface area contributed by atoms with Crippen LogP contribution in [0.3, 0.4) is 0 Å². The number of aromatic carboxylic acids is 1. The van der Waals surface area contributed by atoms with Crippen molar-refractivity contribution >= 4 is 11.9 Å². The highest BCUT2D eigenvalue weighted by Gasteiger charge is 2.23. The van der Waals surface area contributed by atoms with Crippen molar-refractivity contribution in [3.05, 3.63) is 41.5 Å². The van der Waals surface area contributed by atoms with Gasteiger partial charge in [0.25, 0.3) is 0 Å². The minimum atomic E-state index is -1.22. The van der Waals surface area contributed by atoms with Gasteiger partial charge in [-0.3, -0.25) is 4.79 Å². The molecule has 1 amide bonds. The number of halogens is 1. The van der Waals surface area contributed by atoms with Crippen LogP contribution in [0, 0.1) is 5.82 Å². The second kappa shape index (κ2) is 6.03. The van der Waals surface area contributed by atoms with Crippen molar-refractivity contribution in [2.45, 2.75) is 13.1 Å². The predicted octanol–water partition coefficient (Wildman–Crippen LogP) is 0.537. The minimum Gasteiger partial charge on any atom is -0.491 e. The Balaban J connectivity index is 1.74. The summed E-state index contributed by atoms with van der Waals surface area (Å²) in [6.07, 6.45) is 1.17. The van der Waals surface area contributed by atoms with Gasteiger partial charge in [0.1, 0.15) is 24.7 Å². The maximum atomic E-state index is 13.9. The van der Waals surface area contributed by atoms with E-state index in [1.165, 1.54) is 17.2 Å². The molecule has 0 atom stereocenters. The van der Waals surface area contributed by atoms with Gasteiger partial charge in [-0.15, -0.1) is 5.10 Å². The molecule has 0 saturated heterocycles. The largest absolute Gasteiger partial charge is 0.491 e. The fourth-order valence-corrected chi connectivity index (χ4v) is 2.29. The van der Waals surface area contributed by atoms with Crippen LogP contribution in [0.15, 0.2) is 24.4 Å². The second-order valence-corrected chi connectivity index (χ2v) is 4.99. The number of carboxylic acids is 1. The number of hydrogen-bond donors (Lipinski definition) is 1. The first-order valence-corrected chi connectivity index (χ1v) is 6.86. The van der Waals surface area contributed by atoms with Gasteiger partial charge >= 0.3 is 5.97 Å². The van der Waals surface area contributed by atoms with Gasteiger partial charge in [0, 0.05) is 5.56 Å². The number of carbonyl (C=O) groups excluding carboxylic acids is 1. The molecule has 1 aliphatic rings. The number of fused-ring (bicyclic) bond motifs is 1. The lowest BCUT2D eigenvalue weighted by molar-refractivity contribution is -0.132. The van der Waals surface area contributed by atoms with Gasteiger partial charge < -0.3 is 14.7 Å². The number of hydrogen-bond acceptors (Lipinski definition) is 5. The first-order chi connectivity index (χ1) is 11.0. The lowest BCUT2D eigenvalue weighted by Crippen LogP contribution is -2.35. The van der Waals surface area contributed by atoms with E-state index in [4.69, 9.17) is 9.84 Å². The van der Waals surface area contributed by atoms with Crippen LogP contribution in [-0.4, -0.2) is 50.0 Å². The number of ether oxygens (including phenoxy) is 1. The number of nitrogens with zero attached hydrogens (tertiary/aromatic N) is 4. The molecule has 1 aliphatic heterocycles. The van der Waals surface area contributed by atoms with E-state index in [1.807, 2.05) is 0 Å². The summed E-state index contributed by atoms with van der Waals surface area (Å²) in [4.78, 5) is 24.5. The molecule has 1 aromatic heterocycles. The fourth-order valence-electron chi connectivity index (χ4n) is 2.29. The molecule has 1 aromatic carbocycles. The Bertz CT molecular complexity index is 761. The van der Waals surface area contributed by atoms with Crippen LogP contribution in [0.5, 0.6) is 5.75 Å². The second-order valence-electron chi connectivity index (χ2n) is 4.99. The molecule has 0 saturated carbocycles. The third-order valence-electron chi connectivity index (χ3n) is 3.45. The molecule has 120 valence electrons. The standard InChI is InChI=1S/C14H13FN4O4/c15-10-2-1-3-12-9(10)6-18(4-5-23-12)13(20)8-19-7-11(14(21)22)16-17-19/h1-3,7H,4-6,8H2,(H,21,22). The Morgan fingerprint density at radius 3 is 2.96 bits per heavy atom. The average Bonchev–Trinajstić information content (AvgIpc) is 2.86. The summed E-state index contributed by atoms with van der Waals surface area (Å²) in [6, 6.07) is 4.52. The van der Waals surface area contributed by atoms with E-state index >= 15 is 0 Å². The molecule has 2 heterocycles. The Labute approximate surface area is 130 Å². The maximum Gasteiger partial charge on any atom is 0.358 e. The van der Waals surface area contributed by atoms with Crippen molar-refractivity contribution in [1.29, 1.82) is 0 Å². The molecular weight excluding hydrogens is 307 g/mol. The van der Waals surface area contributed by atoms with Crippen LogP contribution in [0.4, 0.5) is 4.39 Å². The van der Waals surface area contributed by atoms with Crippen molar-refractivity contribution in [3.8, 4) is 5.75 Å². The van der Waals surface area contributed by atoms with Crippen molar-refractivity contribution in [2.75, 3.05) is 13.2 Å². The molecule has 0 spiro atoms. The van der Waals surface area contributed by atoms with E-state index in [2.05, 4.69) is 10.3 Å². The number of aromatic nitrogens is 3. The van der Waals surface area contributed by atoms with E-state index in [-0.39, 0.29) is 31.3 Å². The lowest BCUT2D eigenvalue weighted by atomic mass is 10.2. The summed E-state index contributed by atoms with van der Waals surface area (Å²) in [7, 11) is 0. The average molecular weight is 320 g/mol. The highest BCUT2D eigenvalue weighted by Crippen LogP contribution is 2.25. The van der Waals surface area contributed by atoms with Gasteiger partial charge in [-0.1, -0.05) is 11.3 Å². The molecule has 0 bridgehead atoms. The summed E-state index contributed by atoms with van der Waals surface area (Å²) in [5.74, 6) is -1.56. The zero-order chi connectivity index (χ0) is 16.4. The van der Waals surface area contributed by atoms with Crippen LogP contribution < -0.4 is 4.74 Å². The summed E-state index contributed by atoms with van der Waals surface area (Å²) in [5.41, 5.74) is 0.0801. The molecule has 23 heavy (non-hydrogen) atoms. The number of amides is 1. The number of rotatable bonds is 3. The van der Waals surface area contributed by atoms with E-state index in [0.29, 0.717) is 17.9 Å². The minimum absolute atomic E-state index is 0.0846. The molecular formula is C14H13FN4O4. The van der Waals surface area contributed by atoms with Crippen molar-refractivity contribution in [1.82, 2.24) is 19.9 Å². The summed E-state index contributed by atoms with van der Waals surface area (Å²) >= 11 is 0. The monoisotopic (exact) mass is 320 g/mol. The third-order valence-corrected chi connectivity index (χ3v) is 3.45. The van der Waals surface area contributed by atoms with Crippen LogP contribution in [0.25, 0.3) is 0 Å². The maximum absolute atomic E-state index is 13.9. The first kappa shape index (κ1) is 14.9. The molecule has 0 unspecified atom stereocenters. The predicted molar refractivity (Wildman–Crippen MR) is 74.3 cm³/mol. The van der Waals surface area contributed by atoms with Crippen molar-refractivity contribution in [3.63, 3.8) is 0 Å². The molecule has 8 nitrogen and oxygen atoms in total. The number of carboxylic acid groups (broad SMARTS) is 1. The molecule has 0 fully saturated rings. The quantitative estimate of drug-likeness (QED) is 0.886. The van der Waals surface area contributed by atoms with Gasteiger partial charge in [0.2, 0.25) is 5.91 Å². The molecule has 1 N–H and O–H groups in total. The molecule has 0 radical (unpaired) electrons. The van der Waals surface area contributed by atoms with Crippen LogP contribution in [-0.2, 0) is 17.9 Å². The van der Waals surface area contributed by atoms with Crippen molar-refractivity contribution < 1.29 is 23.8 Å². The Hall–Kier alpha value is -2.97. The lowest BCUT2D eigenvalue weighted by Gasteiger charge is -2.19. The fraction of sp³-hybridized carbons (Fsp3) is 0.286. The zero-order valence-corrected chi connectivity index (χ0v) is 12.0. The highest BCUT2D eigenvalue weighted by molar-refractivity contribution is 5.84. The van der Waals surface area contributed by atoms with Crippen LogP contribution in [0.2, 0.25) is 0 Å². The number of benzene rings is 1. The molecule has 3 rings (SSSR count). The van der Waals surface area contributed by atoms with Crippen molar-refractivity contribution in [2.24, 2.45) is 0 Å². The zero-order valence-electron chi connectivity index (χ0n) is 12.0. The third kappa shape index (κ3) is 3.12. The van der Waals surface area contributed by atoms with E-state index in [9.17, 15) is 14.0 Å². The number of carbonyl (C=O) groups is 2. The van der Waals surface area contributed by atoms with E-state index < -0.39 is 11.8 Å². The highest BCUT2D eigenvalue weighted by atomic mass is 19.1. The van der Waals surface area contributed by atoms with Gasteiger partial charge in [-0.05, 0) is 12.1 Å². The van der Waals surface area contributed by atoms with E-state index in [0.717, 1.165) is 4.68 Å². The summed E-state index contributed by atoms with van der Waals surface area (Å²) in [5, 5.41) is 15.8.